The molecular formula is C56H38O4. The van der Waals surface area contributed by atoms with Crippen LogP contribution in [-0.2, 0) is 0 Å². The van der Waals surface area contributed by atoms with Gasteiger partial charge in [0.1, 0.15) is 23.0 Å². The van der Waals surface area contributed by atoms with Crippen molar-refractivity contribution in [2.45, 2.75) is 0 Å². The Hall–Kier alpha value is -7.56. The Labute approximate surface area is 345 Å². The molecule has 286 valence electrons. The second kappa shape index (κ2) is 13.0. The van der Waals surface area contributed by atoms with Crippen LogP contribution in [0.3, 0.4) is 0 Å². The molecule has 12 rings (SSSR count). The van der Waals surface area contributed by atoms with Crippen LogP contribution in [0, 0.1) is 0 Å². The second-order valence-corrected chi connectivity index (χ2v) is 15.7. The molecular weight excluding hydrogens is 737 g/mol. The highest BCUT2D eigenvalue weighted by Crippen LogP contribution is 2.51. The SMILES string of the molecule is COc1ccc2c3ccccc3c3c4cc(OC)c(-c5cc6c7ccccc7c7c8cc(OC)ccc8c8ccccc8c7c6cc5OC)cc4c4ccccc4c3c2c1. The molecule has 0 saturated carbocycles. The van der Waals surface area contributed by atoms with Gasteiger partial charge in [0, 0.05) is 11.1 Å². The van der Waals surface area contributed by atoms with Crippen LogP contribution in [0.1, 0.15) is 0 Å². The summed E-state index contributed by atoms with van der Waals surface area (Å²) in [5.41, 5.74) is 1.94. The summed E-state index contributed by atoms with van der Waals surface area (Å²) in [6.07, 6.45) is 0. The first-order valence-corrected chi connectivity index (χ1v) is 20.3. The lowest BCUT2D eigenvalue weighted by atomic mass is 9.84. The maximum Gasteiger partial charge on any atom is 0.127 e. The van der Waals surface area contributed by atoms with Gasteiger partial charge in [-0.1, -0.05) is 109 Å². The van der Waals surface area contributed by atoms with Crippen LogP contribution >= 0.6 is 0 Å². The van der Waals surface area contributed by atoms with Crippen molar-refractivity contribution in [2.75, 3.05) is 28.4 Å². The fourth-order valence-electron chi connectivity index (χ4n) is 10.4. The normalized spacial score (nSPS) is 12.0. The summed E-state index contributed by atoms with van der Waals surface area (Å²) >= 11 is 0. The lowest BCUT2D eigenvalue weighted by Gasteiger charge is -2.21. The van der Waals surface area contributed by atoms with Crippen LogP contribution in [0.15, 0.2) is 158 Å². The molecule has 4 heteroatoms. The molecule has 12 aromatic carbocycles. The fraction of sp³-hybridized carbons (Fsp3) is 0.0714. The van der Waals surface area contributed by atoms with Crippen molar-refractivity contribution in [3.8, 4) is 34.1 Å². The topological polar surface area (TPSA) is 36.9 Å². The van der Waals surface area contributed by atoms with Crippen LogP contribution in [-0.4, -0.2) is 28.4 Å². The summed E-state index contributed by atoms with van der Waals surface area (Å²) in [6.45, 7) is 0. The summed E-state index contributed by atoms with van der Waals surface area (Å²) in [4.78, 5) is 0. The molecule has 0 radical (unpaired) electrons. The Morgan fingerprint density at radius 2 is 0.517 bits per heavy atom. The van der Waals surface area contributed by atoms with Crippen molar-refractivity contribution >= 4 is 108 Å². The van der Waals surface area contributed by atoms with Crippen molar-refractivity contribution < 1.29 is 18.9 Å². The van der Waals surface area contributed by atoms with E-state index in [1.165, 1.54) is 86.2 Å². The van der Waals surface area contributed by atoms with Crippen molar-refractivity contribution in [3.05, 3.63) is 158 Å². The van der Waals surface area contributed by atoms with Gasteiger partial charge in [-0.25, -0.2) is 0 Å². The van der Waals surface area contributed by atoms with Gasteiger partial charge in [0.2, 0.25) is 0 Å². The van der Waals surface area contributed by atoms with E-state index in [0.29, 0.717) is 0 Å². The largest absolute Gasteiger partial charge is 0.497 e. The zero-order valence-electron chi connectivity index (χ0n) is 33.6. The Bertz CT molecular complexity index is 3570. The lowest BCUT2D eigenvalue weighted by Crippen LogP contribution is -1.96. The van der Waals surface area contributed by atoms with Crippen LogP contribution < -0.4 is 18.9 Å². The van der Waals surface area contributed by atoms with Gasteiger partial charge in [0.05, 0.1) is 28.4 Å². The molecule has 0 bridgehead atoms. The highest BCUT2D eigenvalue weighted by Gasteiger charge is 2.23. The molecule has 60 heavy (non-hydrogen) atoms. The molecule has 12 aromatic rings. The minimum Gasteiger partial charge on any atom is -0.497 e. The first-order valence-electron chi connectivity index (χ1n) is 20.3. The van der Waals surface area contributed by atoms with Gasteiger partial charge < -0.3 is 18.9 Å². The minimum absolute atomic E-state index is 0.778. The Morgan fingerprint density at radius 1 is 0.233 bits per heavy atom. The molecule has 0 fully saturated rings. The first kappa shape index (κ1) is 34.5. The smallest absolute Gasteiger partial charge is 0.127 e. The van der Waals surface area contributed by atoms with E-state index in [1.54, 1.807) is 28.4 Å². The van der Waals surface area contributed by atoms with Crippen LogP contribution in [0.5, 0.6) is 23.0 Å². The Kier molecular flexibility index (Phi) is 7.45. The highest BCUT2D eigenvalue weighted by atomic mass is 16.5. The van der Waals surface area contributed by atoms with Gasteiger partial charge in [-0.15, -0.1) is 0 Å². The summed E-state index contributed by atoms with van der Waals surface area (Å²) in [7, 11) is 7.01. The van der Waals surface area contributed by atoms with E-state index in [2.05, 4.69) is 158 Å². The number of hydrogen-bond acceptors (Lipinski definition) is 4. The third-order valence-corrected chi connectivity index (χ3v) is 12.9. The first-order chi connectivity index (χ1) is 29.6. The summed E-state index contributed by atoms with van der Waals surface area (Å²) in [6, 6.07) is 57.1. The maximum atomic E-state index is 6.41. The average Bonchev–Trinajstić information content (AvgIpc) is 3.32. The number of methoxy groups -OCH3 is 4. The van der Waals surface area contributed by atoms with E-state index in [0.717, 1.165) is 55.7 Å². The Morgan fingerprint density at radius 3 is 0.833 bits per heavy atom. The summed E-state index contributed by atoms with van der Waals surface area (Å²) in [5, 5.41) is 23.7. The van der Waals surface area contributed by atoms with Crippen molar-refractivity contribution in [3.63, 3.8) is 0 Å². The summed E-state index contributed by atoms with van der Waals surface area (Å²) in [5.74, 6) is 3.22. The molecule has 0 spiro atoms. The predicted molar refractivity (Wildman–Crippen MR) is 253 cm³/mol. The molecule has 0 heterocycles. The Balaban J connectivity index is 1.24. The van der Waals surface area contributed by atoms with Gasteiger partial charge in [0.15, 0.2) is 0 Å². The minimum atomic E-state index is 0.778. The zero-order valence-corrected chi connectivity index (χ0v) is 33.6. The van der Waals surface area contributed by atoms with E-state index < -0.39 is 0 Å². The molecule has 0 aromatic heterocycles. The van der Waals surface area contributed by atoms with Crippen LogP contribution in [0.4, 0.5) is 0 Å². The van der Waals surface area contributed by atoms with E-state index in [1.807, 2.05) is 0 Å². The number of rotatable bonds is 5. The number of benzene rings is 12. The van der Waals surface area contributed by atoms with Gasteiger partial charge in [-0.05, 0) is 156 Å². The maximum absolute atomic E-state index is 6.41. The third kappa shape index (κ3) is 4.67. The molecule has 0 amide bonds. The van der Waals surface area contributed by atoms with E-state index in [4.69, 9.17) is 18.9 Å². The van der Waals surface area contributed by atoms with E-state index in [9.17, 15) is 0 Å². The monoisotopic (exact) mass is 774 g/mol. The zero-order chi connectivity index (χ0) is 40.2. The van der Waals surface area contributed by atoms with Crippen LogP contribution in [0.2, 0.25) is 0 Å². The molecule has 0 unspecified atom stereocenters. The van der Waals surface area contributed by atoms with Crippen molar-refractivity contribution in [1.29, 1.82) is 0 Å². The summed E-state index contributed by atoms with van der Waals surface area (Å²) < 4.78 is 24.4. The number of ether oxygens (including phenoxy) is 4. The number of hydrogen-bond donors (Lipinski definition) is 0. The van der Waals surface area contributed by atoms with E-state index >= 15 is 0 Å². The fourth-order valence-corrected chi connectivity index (χ4v) is 10.4. The van der Waals surface area contributed by atoms with Crippen LogP contribution in [0.25, 0.3) is 119 Å². The van der Waals surface area contributed by atoms with Gasteiger partial charge >= 0.3 is 0 Å². The average molecular weight is 775 g/mol. The lowest BCUT2D eigenvalue weighted by molar-refractivity contribution is 0.411. The standard InChI is InChI=1S/C56H38O4/c1-57-31-21-23-37-33-13-5-9-17-39(33)55-49-29-51(59-3)45(27-43(49)35-15-7-11-19-41(35)53(55)47(37)25-31)46-28-44-36-16-8-12-20-42(36)54-48-26-32(58-2)22-24-38(48)34-14-6-10-18-40(34)56(54)50(44)30-52(46)60-4/h5-30H,1-4H3. The quantitative estimate of drug-likeness (QED) is 0.163. The van der Waals surface area contributed by atoms with Crippen molar-refractivity contribution in [1.82, 2.24) is 0 Å². The third-order valence-electron chi connectivity index (χ3n) is 12.9. The molecule has 0 atom stereocenters. The molecule has 0 saturated heterocycles. The van der Waals surface area contributed by atoms with Gasteiger partial charge in [0.25, 0.3) is 0 Å². The van der Waals surface area contributed by atoms with E-state index in [-0.39, 0.29) is 0 Å². The van der Waals surface area contributed by atoms with Gasteiger partial charge in [-0.2, -0.15) is 0 Å². The number of fused-ring (bicyclic) bond motifs is 22. The molecule has 0 aliphatic rings. The second-order valence-electron chi connectivity index (χ2n) is 15.7. The predicted octanol–water partition coefficient (Wildman–Crippen LogP) is 14.9. The molecule has 0 aliphatic heterocycles. The molecule has 4 nitrogen and oxygen atoms in total. The van der Waals surface area contributed by atoms with Crippen molar-refractivity contribution in [2.24, 2.45) is 0 Å². The molecule has 0 N–H and O–H groups in total. The highest BCUT2D eigenvalue weighted by molar-refractivity contribution is 6.41. The molecule has 0 aliphatic carbocycles. The van der Waals surface area contributed by atoms with Gasteiger partial charge in [-0.3, -0.25) is 0 Å².